The third-order valence-corrected chi connectivity index (χ3v) is 4.23. The van der Waals surface area contributed by atoms with Gasteiger partial charge in [-0.2, -0.15) is 0 Å². The van der Waals surface area contributed by atoms with Gasteiger partial charge in [0, 0.05) is 17.0 Å². The zero-order valence-corrected chi connectivity index (χ0v) is 14.4. The van der Waals surface area contributed by atoms with Gasteiger partial charge in [-0.25, -0.2) is 0 Å². The van der Waals surface area contributed by atoms with Gasteiger partial charge in [-0.1, -0.05) is 0 Å². The van der Waals surface area contributed by atoms with E-state index in [9.17, 15) is 4.79 Å². The highest BCUT2D eigenvalue weighted by Crippen LogP contribution is 2.25. The first-order chi connectivity index (χ1) is 11.2. The summed E-state index contributed by atoms with van der Waals surface area (Å²) in [6.07, 6.45) is 3.00. The molecule has 122 valence electrons. The standard InChI is InChI=1S/C18H21NO3S/c1-21-15-7-10-17(22-2)13(12-15)4-11-18(20)19-14-5-8-16(23-3)9-6-14/h5-10,12H,4,11H2,1-3H3,(H,19,20). The molecule has 0 aliphatic rings. The highest BCUT2D eigenvalue weighted by atomic mass is 32.2. The number of thioether (sulfide) groups is 1. The number of aryl methyl sites for hydroxylation is 1. The monoisotopic (exact) mass is 331 g/mol. The van der Waals surface area contributed by atoms with Crippen LogP contribution in [-0.2, 0) is 11.2 Å². The minimum absolute atomic E-state index is 0.0215. The van der Waals surface area contributed by atoms with E-state index in [1.54, 1.807) is 26.0 Å². The maximum atomic E-state index is 12.1. The van der Waals surface area contributed by atoms with Gasteiger partial charge < -0.3 is 14.8 Å². The molecule has 0 saturated carbocycles. The molecule has 2 aromatic rings. The first-order valence-corrected chi connectivity index (χ1v) is 8.53. The topological polar surface area (TPSA) is 47.6 Å². The van der Waals surface area contributed by atoms with E-state index >= 15 is 0 Å². The summed E-state index contributed by atoms with van der Waals surface area (Å²) in [4.78, 5) is 13.3. The molecule has 0 bridgehead atoms. The molecule has 0 radical (unpaired) electrons. The van der Waals surface area contributed by atoms with Crippen LogP contribution in [0.15, 0.2) is 47.4 Å². The molecule has 0 aliphatic heterocycles. The third kappa shape index (κ3) is 4.93. The van der Waals surface area contributed by atoms with E-state index < -0.39 is 0 Å². The molecule has 0 atom stereocenters. The SMILES string of the molecule is COc1ccc(OC)c(CCC(=O)Nc2ccc(SC)cc2)c1. The van der Waals surface area contributed by atoms with Gasteiger partial charge in [0.1, 0.15) is 11.5 Å². The second-order valence-electron chi connectivity index (χ2n) is 4.95. The fourth-order valence-electron chi connectivity index (χ4n) is 2.22. The minimum atomic E-state index is -0.0215. The Kier molecular flexibility index (Phi) is 6.35. The molecule has 0 spiro atoms. The first kappa shape index (κ1) is 17.2. The molecule has 0 unspecified atom stereocenters. The van der Waals surface area contributed by atoms with Crippen molar-refractivity contribution in [1.29, 1.82) is 0 Å². The van der Waals surface area contributed by atoms with Gasteiger partial charge in [0.2, 0.25) is 5.91 Å². The molecule has 0 aromatic heterocycles. The molecule has 0 heterocycles. The van der Waals surface area contributed by atoms with Crippen molar-refractivity contribution in [1.82, 2.24) is 0 Å². The van der Waals surface area contributed by atoms with Gasteiger partial charge in [-0.3, -0.25) is 4.79 Å². The lowest BCUT2D eigenvalue weighted by molar-refractivity contribution is -0.116. The van der Waals surface area contributed by atoms with Crippen LogP contribution in [-0.4, -0.2) is 26.4 Å². The van der Waals surface area contributed by atoms with Crippen LogP contribution in [0, 0.1) is 0 Å². The van der Waals surface area contributed by atoms with E-state index in [2.05, 4.69) is 5.32 Å². The van der Waals surface area contributed by atoms with Crippen LogP contribution < -0.4 is 14.8 Å². The largest absolute Gasteiger partial charge is 0.497 e. The number of anilines is 1. The van der Waals surface area contributed by atoms with E-state index in [0.29, 0.717) is 12.8 Å². The van der Waals surface area contributed by atoms with Crippen LogP contribution >= 0.6 is 11.8 Å². The molecule has 0 saturated heterocycles. The number of hydrogen-bond acceptors (Lipinski definition) is 4. The van der Waals surface area contributed by atoms with Gasteiger partial charge in [0.25, 0.3) is 0 Å². The van der Waals surface area contributed by atoms with Gasteiger partial charge in [0.05, 0.1) is 14.2 Å². The molecule has 1 N–H and O–H groups in total. The Bertz CT molecular complexity index is 656. The Hall–Kier alpha value is -2.14. The Balaban J connectivity index is 1.95. The van der Waals surface area contributed by atoms with Crippen molar-refractivity contribution in [3.05, 3.63) is 48.0 Å². The molecule has 23 heavy (non-hydrogen) atoms. The maximum absolute atomic E-state index is 12.1. The minimum Gasteiger partial charge on any atom is -0.497 e. The summed E-state index contributed by atoms with van der Waals surface area (Å²) in [5.74, 6) is 1.50. The highest BCUT2D eigenvalue weighted by Gasteiger charge is 2.09. The summed E-state index contributed by atoms with van der Waals surface area (Å²) in [5, 5.41) is 2.91. The second-order valence-corrected chi connectivity index (χ2v) is 5.83. The molecular weight excluding hydrogens is 310 g/mol. The van der Waals surface area contributed by atoms with Crippen molar-refractivity contribution < 1.29 is 14.3 Å². The highest BCUT2D eigenvalue weighted by molar-refractivity contribution is 7.98. The Morgan fingerprint density at radius 3 is 2.43 bits per heavy atom. The second kappa shape index (κ2) is 8.48. The van der Waals surface area contributed by atoms with Crippen molar-refractivity contribution in [2.75, 3.05) is 25.8 Å². The van der Waals surface area contributed by atoms with Gasteiger partial charge in [-0.15, -0.1) is 11.8 Å². The first-order valence-electron chi connectivity index (χ1n) is 7.31. The zero-order valence-electron chi connectivity index (χ0n) is 13.6. The smallest absolute Gasteiger partial charge is 0.224 e. The van der Waals surface area contributed by atoms with E-state index in [4.69, 9.17) is 9.47 Å². The Morgan fingerprint density at radius 2 is 1.83 bits per heavy atom. The lowest BCUT2D eigenvalue weighted by atomic mass is 10.1. The van der Waals surface area contributed by atoms with Crippen LogP contribution in [0.5, 0.6) is 11.5 Å². The number of carbonyl (C=O) groups is 1. The van der Waals surface area contributed by atoms with Gasteiger partial charge >= 0.3 is 0 Å². The average molecular weight is 331 g/mol. The van der Waals surface area contributed by atoms with Crippen molar-refractivity contribution in [3.8, 4) is 11.5 Å². The van der Waals surface area contributed by atoms with Crippen LogP contribution in [0.4, 0.5) is 5.69 Å². The molecular formula is C18H21NO3S. The number of nitrogens with one attached hydrogen (secondary N) is 1. The van der Waals surface area contributed by atoms with Crippen molar-refractivity contribution in [2.24, 2.45) is 0 Å². The predicted octanol–water partition coefficient (Wildman–Crippen LogP) is 4.00. The third-order valence-electron chi connectivity index (χ3n) is 3.48. The number of hydrogen-bond donors (Lipinski definition) is 1. The quantitative estimate of drug-likeness (QED) is 0.779. The van der Waals surface area contributed by atoms with Crippen LogP contribution in [0.3, 0.4) is 0 Å². The fraction of sp³-hybridized carbons (Fsp3) is 0.278. The van der Waals surface area contributed by atoms with Gasteiger partial charge in [0.15, 0.2) is 0 Å². The molecule has 0 aliphatic carbocycles. The van der Waals surface area contributed by atoms with Crippen LogP contribution in [0.1, 0.15) is 12.0 Å². The number of rotatable bonds is 7. The van der Waals surface area contributed by atoms with Crippen LogP contribution in [0.2, 0.25) is 0 Å². The Labute approximate surface area is 141 Å². The summed E-state index contributed by atoms with van der Waals surface area (Å²) in [7, 11) is 3.25. The van der Waals surface area contributed by atoms with Gasteiger partial charge in [-0.05, 0) is 60.7 Å². The zero-order chi connectivity index (χ0) is 16.7. The van der Waals surface area contributed by atoms with E-state index in [-0.39, 0.29) is 5.91 Å². The lowest BCUT2D eigenvalue weighted by Crippen LogP contribution is -2.12. The predicted molar refractivity (Wildman–Crippen MR) is 94.7 cm³/mol. The molecule has 4 nitrogen and oxygen atoms in total. The van der Waals surface area contributed by atoms with E-state index in [0.717, 1.165) is 22.7 Å². The average Bonchev–Trinajstić information content (AvgIpc) is 2.60. The normalized spacial score (nSPS) is 10.2. The van der Waals surface area contributed by atoms with Crippen LogP contribution in [0.25, 0.3) is 0 Å². The molecule has 2 aromatic carbocycles. The number of ether oxygens (including phenoxy) is 2. The number of methoxy groups -OCH3 is 2. The number of amides is 1. The number of benzene rings is 2. The summed E-state index contributed by atoms with van der Waals surface area (Å²) in [6.45, 7) is 0. The summed E-state index contributed by atoms with van der Waals surface area (Å²) in [5.41, 5.74) is 1.77. The maximum Gasteiger partial charge on any atom is 0.224 e. The summed E-state index contributed by atoms with van der Waals surface area (Å²) < 4.78 is 10.6. The molecule has 1 amide bonds. The Morgan fingerprint density at radius 1 is 1.09 bits per heavy atom. The van der Waals surface area contributed by atoms with Crippen molar-refractivity contribution >= 4 is 23.4 Å². The summed E-state index contributed by atoms with van der Waals surface area (Å²) in [6, 6.07) is 13.4. The molecule has 2 rings (SSSR count). The van der Waals surface area contributed by atoms with E-state index in [1.165, 1.54) is 4.90 Å². The van der Waals surface area contributed by atoms with Crippen molar-refractivity contribution in [3.63, 3.8) is 0 Å². The lowest BCUT2D eigenvalue weighted by Gasteiger charge is -2.11. The van der Waals surface area contributed by atoms with Crippen molar-refractivity contribution in [2.45, 2.75) is 17.7 Å². The van der Waals surface area contributed by atoms with E-state index in [1.807, 2.05) is 48.7 Å². The summed E-state index contributed by atoms with van der Waals surface area (Å²) >= 11 is 1.67. The fourth-order valence-corrected chi connectivity index (χ4v) is 2.63. The number of carbonyl (C=O) groups excluding carboxylic acids is 1. The molecule has 5 heteroatoms. The molecule has 0 fully saturated rings.